The van der Waals surface area contributed by atoms with Crippen LogP contribution in [0, 0.1) is 0 Å². The van der Waals surface area contributed by atoms with Crippen molar-refractivity contribution in [3.8, 4) is 0 Å². The van der Waals surface area contributed by atoms with Gasteiger partial charge in [0.1, 0.15) is 11.9 Å². The number of methoxy groups -OCH3 is 1. The van der Waals surface area contributed by atoms with Gasteiger partial charge in [-0.1, -0.05) is 0 Å². The first-order chi connectivity index (χ1) is 7.65. The molecule has 1 aromatic heterocycles. The lowest BCUT2D eigenvalue weighted by Crippen LogP contribution is -2.34. The summed E-state index contributed by atoms with van der Waals surface area (Å²) in [5.41, 5.74) is 5.60. The zero-order chi connectivity index (χ0) is 12.0. The molecule has 1 heterocycles. The third-order valence-electron chi connectivity index (χ3n) is 2.19. The maximum absolute atomic E-state index is 11.0. The van der Waals surface area contributed by atoms with Crippen molar-refractivity contribution in [2.75, 3.05) is 18.6 Å². The van der Waals surface area contributed by atoms with Crippen LogP contribution in [0.15, 0.2) is 12.4 Å². The molecule has 0 aliphatic rings. The van der Waals surface area contributed by atoms with E-state index < -0.39 is 6.04 Å². The summed E-state index contributed by atoms with van der Waals surface area (Å²) >= 11 is 1.63. The van der Waals surface area contributed by atoms with Gasteiger partial charge < -0.3 is 15.0 Å². The van der Waals surface area contributed by atoms with Gasteiger partial charge in [-0.3, -0.25) is 4.79 Å². The number of hydrogen-bond donors (Lipinski definition) is 1. The van der Waals surface area contributed by atoms with Gasteiger partial charge in [0.25, 0.3) is 0 Å². The van der Waals surface area contributed by atoms with Gasteiger partial charge in [0.05, 0.1) is 7.11 Å². The topological polar surface area (TPSA) is 70.1 Å². The summed E-state index contributed by atoms with van der Waals surface area (Å²) in [5, 5.41) is 0. The van der Waals surface area contributed by atoms with Crippen LogP contribution in [-0.4, -0.2) is 40.2 Å². The monoisotopic (exact) mass is 243 g/mol. The molecule has 2 N–H and O–H groups in total. The maximum Gasteiger partial charge on any atom is 0.323 e. The third-order valence-corrected chi connectivity index (χ3v) is 3.28. The second-order valence-corrected chi connectivity index (χ2v) is 4.56. The van der Waals surface area contributed by atoms with Crippen LogP contribution < -0.4 is 5.73 Å². The number of ether oxygens (including phenoxy) is 1. The number of rotatable bonds is 6. The highest BCUT2D eigenvalue weighted by atomic mass is 32.2. The minimum absolute atomic E-state index is 0.357. The number of hydrogen-bond acceptors (Lipinski definition) is 5. The van der Waals surface area contributed by atoms with Gasteiger partial charge in [-0.05, 0) is 0 Å². The highest BCUT2D eigenvalue weighted by molar-refractivity contribution is 7.99. The smallest absolute Gasteiger partial charge is 0.323 e. The largest absolute Gasteiger partial charge is 0.468 e. The zero-order valence-corrected chi connectivity index (χ0v) is 10.4. The summed E-state index contributed by atoms with van der Waals surface area (Å²) < 4.78 is 6.53. The Kier molecular flexibility index (Phi) is 5.34. The Hall–Kier alpha value is -1.01. The van der Waals surface area contributed by atoms with Crippen molar-refractivity contribution < 1.29 is 9.53 Å². The second kappa shape index (κ2) is 6.55. The van der Waals surface area contributed by atoms with Gasteiger partial charge in [0.15, 0.2) is 0 Å². The van der Waals surface area contributed by atoms with Gasteiger partial charge in [-0.15, -0.1) is 0 Å². The van der Waals surface area contributed by atoms with Crippen LogP contribution in [0.25, 0.3) is 0 Å². The van der Waals surface area contributed by atoms with Crippen LogP contribution in [0.3, 0.4) is 0 Å². The number of nitrogens with zero attached hydrogens (tertiary/aromatic N) is 2. The molecule has 16 heavy (non-hydrogen) atoms. The Morgan fingerprint density at radius 3 is 3.06 bits per heavy atom. The summed E-state index contributed by atoms with van der Waals surface area (Å²) in [6.45, 7) is 0. The zero-order valence-electron chi connectivity index (χ0n) is 9.55. The SMILES string of the molecule is COC(=O)C(N)CSCCc1nccn1C. The normalized spacial score (nSPS) is 12.4. The number of carbonyl (C=O) groups excluding carboxylic acids is 1. The molecule has 0 radical (unpaired) electrons. The van der Waals surface area contributed by atoms with E-state index in [1.807, 2.05) is 17.8 Å². The lowest BCUT2D eigenvalue weighted by atomic mass is 10.4. The van der Waals surface area contributed by atoms with Gasteiger partial charge >= 0.3 is 5.97 Å². The van der Waals surface area contributed by atoms with E-state index in [0.717, 1.165) is 18.0 Å². The van der Waals surface area contributed by atoms with E-state index in [1.54, 1.807) is 18.0 Å². The van der Waals surface area contributed by atoms with Crippen molar-refractivity contribution in [3.63, 3.8) is 0 Å². The van der Waals surface area contributed by atoms with Crippen molar-refractivity contribution in [2.45, 2.75) is 12.5 Å². The van der Waals surface area contributed by atoms with Crippen LogP contribution in [0.5, 0.6) is 0 Å². The molecule has 1 aromatic rings. The van der Waals surface area contributed by atoms with Crippen molar-refractivity contribution in [1.29, 1.82) is 0 Å². The molecule has 0 fully saturated rings. The molecular weight excluding hydrogens is 226 g/mol. The average Bonchev–Trinajstić information content (AvgIpc) is 2.69. The fourth-order valence-electron chi connectivity index (χ4n) is 1.23. The summed E-state index contributed by atoms with van der Waals surface area (Å²) in [7, 11) is 3.31. The Labute approximate surface area is 99.4 Å². The molecule has 1 unspecified atom stereocenters. The standard InChI is InChI=1S/C10H17N3O2S/c1-13-5-4-12-9(13)3-6-16-7-8(11)10(14)15-2/h4-5,8H,3,6-7,11H2,1-2H3. The predicted molar refractivity (Wildman–Crippen MR) is 64.2 cm³/mol. The number of esters is 1. The molecule has 0 saturated heterocycles. The minimum atomic E-state index is -0.531. The van der Waals surface area contributed by atoms with Crippen LogP contribution >= 0.6 is 11.8 Å². The fraction of sp³-hybridized carbons (Fsp3) is 0.600. The quantitative estimate of drug-likeness (QED) is 0.571. The van der Waals surface area contributed by atoms with Crippen molar-refractivity contribution in [2.24, 2.45) is 12.8 Å². The summed E-state index contributed by atoms with van der Waals surface area (Å²) in [4.78, 5) is 15.2. The van der Waals surface area contributed by atoms with Crippen molar-refractivity contribution >= 4 is 17.7 Å². The first-order valence-corrected chi connectivity index (χ1v) is 6.18. The van der Waals surface area contributed by atoms with E-state index in [2.05, 4.69) is 9.72 Å². The van der Waals surface area contributed by atoms with E-state index in [0.29, 0.717) is 5.75 Å². The lowest BCUT2D eigenvalue weighted by molar-refractivity contribution is -0.141. The van der Waals surface area contributed by atoms with E-state index >= 15 is 0 Å². The molecule has 0 bridgehead atoms. The molecule has 5 nitrogen and oxygen atoms in total. The molecule has 0 aromatic carbocycles. The Morgan fingerprint density at radius 1 is 1.75 bits per heavy atom. The summed E-state index contributed by atoms with van der Waals surface area (Å²) in [6.07, 6.45) is 4.57. The number of thioether (sulfide) groups is 1. The molecule has 0 saturated carbocycles. The summed E-state index contributed by atoms with van der Waals surface area (Å²) in [5.74, 6) is 2.16. The second-order valence-electron chi connectivity index (χ2n) is 3.41. The first-order valence-electron chi connectivity index (χ1n) is 5.02. The fourth-order valence-corrected chi connectivity index (χ4v) is 2.11. The molecule has 0 spiro atoms. The first kappa shape index (κ1) is 13.1. The molecule has 1 rings (SSSR count). The highest BCUT2D eigenvalue weighted by Gasteiger charge is 2.13. The van der Waals surface area contributed by atoms with Crippen molar-refractivity contribution in [3.05, 3.63) is 18.2 Å². The van der Waals surface area contributed by atoms with Gasteiger partial charge in [0, 0.05) is 37.4 Å². The maximum atomic E-state index is 11.0. The van der Waals surface area contributed by atoms with E-state index in [4.69, 9.17) is 5.73 Å². The van der Waals surface area contributed by atoms with Gasteiger partial charge in [0.2, 0.25) is 0 Å². The van der Waals surface area contributed by atoms with Crippen LogP contribution in [0.2, 0.25) is 0 Å². The third kappa shape index (κ3) is 3.86. The number of imidazole rings is 1. The molecule has 0 aliphatic heterocycles. The molecule has 1 atom stereocenters. The molecule has 0 amide bonds. The molecule has 0 aliphatic carbocycles. The number of nitrogens with two attached hydrogens (primary N) is 1. The molecule has 6 heteroatoms. The Bertz CT molecular complexity index is 341. The van der Waals surface area contributed by atoms with Gasteiger partial charge in [-0.25, -0.2) is 4.98 Å². The molecular formula is C10H17N3O2S. The number of carbonyl (C=O) groups is 1. The van der Waals surface area contributed by atoms with Crippen molar-refractivity contribution in [1.82, 2.24) is 9.55 Å². The Morgan fingerprint density at radius 2 is 2.50 bits per heavy atom. The van der Waals surface area contributed by atoms with Crippen LogP contribution in [-0.2, 0) is 23.0 Å². The lowest BCUT2D eigenvalue weighted by Gasteiger charge is -2.08. The van der Waals surface area contributed by atoms with Crippen LogP contribution in [0.1, 0.15) is 5.82 Å². The Balaban J connectivity index is 2.17. The van der Waals surface area contributed by atoms with Gasteiger partial charge in [-0.2, -0.15) is 11.8 Å². The van der Waals surface area contributed by atoms with E-state index in [1.165, 1.54) is 7.11 Å². The summed E-state index contributed by atoms with van der Waals surface area (Å²) in [6, 6.07) is -0.531. The van der Waals surface area contributed by atoms with E-state index in [-0.39, 0.29) is 5.97 Å². The number of aromatic nitrogens is 2. The molecule has 90 valence electrons. The predicted octanol–water partition coefficient (Wildman–Crippen LogP) is 0.196. The number of aryl methyl sites for hydroxylation is 2. The van der Waals surface area contributed by atoms with E-state index in [9.17, 15) is 4.79 Å². The van der Waals surface area contributed by atoms with Crippen LogP contribution in [0.4, 0.5) is 0 Å². The highest BCUT2D eigenvalue weighted by Crippen LogP contribution is 2.06. The minimum Gasteiger partial charge on any atom is -0.468 e. The average molecular weight is 243 g/mol.